The predicted octanol–water partition coefficient (Wildman–Crippen LogP) is 2.12. The molecule has 0 unspecified atom stereocenters. The van der Waals surface area contributed by atoms with Gasteiger partial charge >= 0.3 is 0 Å². The summed E-state index contributed by atoms with van der Waals surface area (Å²) >= 11 is 0. The molecule has 86 valence electrons. The topological polar surface area (TPSA) is 29.9 Å². The molecule has 1 N–H and O–H groups in total. The zero-order valence-electron chi connectivity index (χ0n) is 10.0. The molecule has 1 aromatic carbocycles. The number of unbranched alkanes of at least 4 members (excludes halogenated alkanes) is 1. The van der Waals surface area contributed by atoms with E-state index >= 15 is 0 Å². The van der Waals surface area contributed by atoms with E-state index in [4.69, 9.17) is 0 Å². The minimum absolute atomic E-state index is 1.06. The molecule has 2 rings (SSSR count). The molecule has 0 bridgehead atoms. The van der Waals surface area contributed by atoms with Crippen LogP contribution in [0.4, 0.5) is 0 Å². The molecule has 0 aliphatic carbocycles. The second-order valence-electron chi connectivity index (χ2n) is 4.14. The Bertz CT molecular complexity index is 459. The van der Waals surface area contributed by atoms with Gasteiger partial charge in [-0.1, -0.05) is 12.1 Å². The van der Waals surface area contributed by atoms with Crippen LogP contribution in [0.25, 0.3) is 11.0 Å². The zero-order valence-corrected chi connectivity index (χ0v) is 10.0. The maximum absolute atomic E-state index is 4.65. The molecule has 0 aliphatic heterocycles. The molecular weight excluding hydrogens is 198 g/mol. The van der Waals surface area contributed by atoms with Gasteiger partial charge < -0.3 is 9.88 Å². The first-order valence-electron chi connectivity index (χ1n) is 5.88. The first kappa shape index (κ1) is 11.1. The molecule has 2 aromatic rings. The van der Waals surface area contributed by atoms with Crippen molar-refractivity contribution in [1.29, 1.82) is 0 Å². The molecule has 0 amide bonds. The lowest BCUT2D eigenvalue weighted by atomic mass is 10.2. The van der Waals surface area contributed by atoms with Gasteiger partial charge in [0, 0.05) is 13.5 Å². The highest BCUT2D eigenvalue weighted by Crippen LogP contribution is 2.15. The monoisotopic (exact) mass is 217 g/mol. The molecule has 16 heavy (non-hydrogen) atoms. The van der Waals surface area contributed by atoms with Crippen LogP contribution in [0.1, 0.15) is 18.7 Å². The fourth-order valence-corrected chi connectivity index (χ4v) is 2.00. The summed E-state index contributed by atoms with van der Waals surface area (Å²) in [7, 11) is 4.10. The van der Waals surface area contributed by atoms with Crippen molar-refractivity contribution in [1.82, 2.24) is 14.9 Å². The van der Waals surface area contributed by atoms with E-state index < -0.39 is 0 Å². The largest absolute Gasteiger partial charge is 0.331 e. The van der Waals surface area contributed by atoms with Gasteiger partial charge in [0.15, 0.2) is 0 Å². The number of hydrogen-bond acceptors (Lipinski definition) is 2. The van der Waals surface area contributed by atoms with Crippen molar-refractivity contribution in [2.24, 2.45) is 7.05 Å². The number of para-hydroxylation sites is 2. The Morgan fingerprint density at radius 1 is 1.25 bits per heavy atom. The third kappa shape index (κ3) is 2.25. The number of fused-ring (bicyclic) bond motifs is 1. The Balaban J connectivity index is 2.09. The van der Waals surface area contributed by atoms with Gasteiger partial charge in [-0.3, -0.25) is 0 Å². The molecule has 0 atom stereocenters. The number of hydrogen-bond donors (Lipinski definition) is 1. The minimum Gasteiger partial charge on any atom is -0.331 e. The summed E-state index contributed by atoms with van der Waals surface area (Å²) in [5.41, 5.74) is 2.33. The van der Waals surface area contributed by atoms with E-state index in [1.165, 1.54) is 24.2 Å². The number of benzene rings is 1. The SMILES string of the molecule is CNCCCCc1nc2ccccc2n1C. The van der Waals surface area contributed by atoms with Crippen molar-refractivity contribution < 1.29 is 0 Å². The normalized spacial score (nSPS) is 11.1. The van der Waals surface area contributed by atoms with E-state index in [9.17, 15) is 0 Å². The quantitative estimate of drug-likeness (QED) is 0.777. The van der Waals surface area contributed by atoms with Crippen molar-refractivity contribution in [3.63, 3.8) is 0 Å². The lowest BCUT2D eigenvalue weighted by Crippen LogP contribution is -2.08. The molecule has 0 fully saturated rings. The number of aryl methyl sites for hydroxylation is 2. The van der Waals surface area contributed by atoms with Gasteiger partial charge in [0.25, 0.3) is 0 Å². The zero-order chi connectivity index (χ0) is 11.4. The highest BCUT2D eigenvalue weighted by Gasteiger charge is 2.05. The average molecular weight is 217 g/mol. The van der Waals surface area contributed by atoms with Crippen molar-refractivity contribution in [3.8, 4) is 0 Å². The summed E-state index contributed by atoms with van der Waals surface area (Å²) in [6, 6.07) is 8.31. The summed E-state index contributed by atoms with van der Waals surface area (Å²) in [5.74, 6) is 1.19. The Morgan fingerprint density at radius 3 is 2.81 bits per heavy atom. The highest BCUT2D eigenvalue weighted by atomic mass is 15.1. The van der Waals surface area contributed by atoms with E-state index in [0.717, 1.165) is 18.5 Å². The van der Waals surface area contributed by atoms with Gasteiger partial charge in [-0.2, -0.15) is 0 Å². The molecule has 0 aliphatic rings. The van der Waals surface area contributed by atoms with Crippen LogP contribution >= 0.6 is 0 Å². The third-order valence-corrected chi connectivity index (χ3v) is 2.96. The molecule has 1 aromatic heterocycles. The predicted molar refractivity (Wildman–Crippen MR) is 67.6 cm³/mol. The Kier molecular flexibility index (Phi) is 3.57. The van der Waals surface area contributed by atoms with Crippen LogP contribution in [-0.2, 0) is 13.5 Å². The molecule has 1 heterocycles. The van der Waals surface area contributed by atoms with Crippen molar-refractivity contribution in [3.05, 3.63) is 30.1 Å². The van der Waals surface area contributed by atoms with Crippen molar-refractivity contribution >= 4 is 11.0 Å². The standard InChI is InChI=1S/C13H19N3/c1-14-10-6-5-9-13-15-11-7-3-4-8-12(11)16(13)2/h3-4,7-8,14H,5-6,9-10H2,1-2H3. The van der Waals surface area contributed by atoms with E-state index in [1.807, 2.05) is 13.1 Å². The van der Waals surface area contributed by atoms with Crippen LogP contribution < -0.4 is 5.32 Å². The molecule has 0 radical (unpaired) electrons. The summed E-state index contributed by atoms with van der Waals surface area (Å²) in [5, 5.41) is 3.17. The first-order chi connectivity index (χ1) is 7.83. The Labute approximate surface area is 96.5 Å². The van der Waals surface area contributed by atoms with Crippen LogP contribution in [0.15, 0.2) is 24.3 Å². The number of imidazole rings is 1. The van der Waals surface area contributed by atoms with Crippen LogP contribution in [-0.4, -0.2) is 23.1 Å². The van der Waals surface area contributed by atoms with Gasteiger partial charge in [-0.25, -0.2) is 4.98 Å². The molecule has 0 spiro atoms. The van der Waals surface area contributed by atoms with Gasteiger partial charge in [-0.15, -0.1) is 0 Å². The summed E-state index contributed by atoms with van der Waals surface area (Å²) in [6.45, 7) is 1.09. The second kappa shape index (κ2) is 5.12. The number of rotatable bonds is 5. The van der Waals surface area contributed by atoms with E-state index in [-0.39, 0.29) is 0 Å². The molecule has 0 saturated carbocycles. The highest BCUT2D eigenvalue weighted by molar-refractivity contribution is 5.75. The van der Waals surface area contributed by atoms with Gasteiger partial charge in [-0.05, 0) is 38.6 Å². The van der Waals surface area contributed by atoms with E-state index in [2.05, 4.69) is 40.1 Å². The fraction of sp³-hybridized carbons (Fsp3) is 0.462. The van der Waals surface area contributed by atoms with E-state index in [0.29, 0.717) is 0 Å². The Hall–Kier alpha value is -1.35. The van der Waals surface area contributed by atoms with Crippen molar-refractivity contribution in [2.75, 3.05) is 13.6 Å². The van der Waals surface area contributed by atoms with Crippen LogP contribution in [0.2, 0.25) is 0 Å². The van der Waals surface area contributed by atoms with Crippen molar-refractivity contribution in [2.45, 2.75) is 19.3 Å². The third-order valence-electron chi connectivity index (χ3n) is 2.96. The lowest BCUT2D eigenvalue weighted by Gasteiger charge is -2.02. The summed E-state index contributed by atoms with van der Waals surface area (Å²) in [6.07, 6.45) is 3.46. The van der Waals surface area contributed by atoms with Gasteiger partial charge in [0.2, 0.25) is 0 Å². The van der Waals surface area contributed by atoms with Crippen LogP contribution in [0, 0.1) is 0 Å². The molecular formula is C13H19N3. The van der Waals surface area contributed by atoms with Gasteiger partial charge in [0.1, 0.15) is 5.82 Å². The summed E-state index contributed by atoms with van der Waals surface area (Å²) < 4.78 is 2.20. The first-order valence-corrected chi connectivity index (χ1v) is 5.88. The fourth-order valence-electron chi connectivity index (χ4n) is 2.00. The molecule has 3 heteroatoms. The van der Waals surface area contributed by atoms with Crippen LogP contribution in [0.3, 0.4) is 0 Å². The molecule has 3 nitrogen and oxygen atoms in total. The number of aromatic nitrogens is 2. The number of nitrogens with one attached hydrogen (secondary N) is 1. The smallest absolute Gasteiger partial charge is 0.109 e. The minimum atomic E-state index is 1.06. The summed E-state index contributed by atoms with van der Waals surface area (Å²) in [4.78, 5) is 4.65. The van der Waals surface area contributed by atoms with Crippen LogP contribution in [0.5, 0.6) is 0 Å². The maximum Gasteiger partial charge on any atom is 0.109 e. The van der Waals surface area contributed by atoms with E-state index in [1.54, 1.807) is 0 Å². The molecule has 0 saturated heterocycles. The average Bonchev–Trinajstić information content (AvgIpc) is 2.63. The maximum atomic E-state index is 4.65. The van der Waals surface area contributed by atoms with Gasteiger partial charge in [0.05, 0.1) is 11.0 Å². The number of nitrogens with zero attached hydrogens (tertiary/aromatic N) is 2. The Morgan fingerprint density at radius 2 is 2.06 bits per heavy atom. The lowest BCUT2D eigenvalue weighted by molar-refractivity contribution is 0.651. The second-order valence-corrected chi connectivity index (χ2v) is 4.14.